The van der Waals surface area contributed by atoms with Crippen LogP contribution in [0.1, 0.15) is 17.4 Å². The van der Waals surface area contributed by atoms with E-state index in [1.165, 1.54) is 11.3 Å². The van der Waals surface area contributed by atoms with E-state index in [2.05, 4.69) is 14.5 Å². The van der Waals surface area contributed by atoms with E-state index in [-0.39, 0.29) is 6.10 Å². The van der Waals surface area contributed by atoms with Crippen molar-refractivity contribution in [3.63, 3.8) is 0 Å². The zero-order chi connectivity index (χ0) is 16.1. The maximum Gasteiger partial charge on any atom is 0.0952 e. The Morgan fingerprint density at radius 2 is 2.17 bits per heavy atom. The summed E-state index contributed by atoms with van der Waals surface area (Å²) in [5.74, 6) is 0. The van der Waals surface area contributed by atoms with Gasteiger partial charge in [0.1, 0.15) is 0 Å². The first kappa shape index (κ1) is 16.5. The Morgan fingerprint density at radius 3 is 2.96 bits per heavy atom. The van der Waals surface area contributed by atoms with Crippen molar-refractivity contribution in [3.8, 4) is 0 Å². The van der Waals surface area contributed by atoms with Gasteiger partial charge in [-0.05, 0) is 17.7 Å². The molecule has 1 aromatic carbocycles. The van der Waals surface area contributed by atoms with Gasteiger partial charge in [0.05, 0.1) is 31.3 Å². The summed E-state index contributed by atoms with van der Waals surface area (Å²) < 4.78 is 13.2. The molecule has 2 heterocycles. The van der Waals surface area contributed by atoms with Crippen LogP contribution in [0.5, 0.6) is 0 Å². The fourth-order valence-corrected chi connectivity index (χ4v) is 2.95. The van der Waals surface area contributed by atoms with Crippen LogP contribution in [0.2, 0.25) is 5.02 Å². The molecule has 1 aliphatic heterocycles. The molecule has 1 saturated heterocycles. The lowest BCUT2D eigenvalue weighted by atomic mass is 10.1. The third-order valence-electron chi connectivity index (χ3n) is 4.11. The van der Waals surface area contributed by atoms with Gasteiger partial charge >= 0.3 is 0 Å². The van der Waals surface area contributed by atoms with Gasteiger partial charge in [0.15, 0.2) is 0 Å². The predicted octanol–water partition coefficient (Wildman–Crippen LogP) is 2.76. The molecule has 0 radical (unpaired) electrons. The second-order valence-electron chi connectivity index (χ2n) is 5.72. The molecule has 5 nitrogen and oxygen atoms in total. The molecule has 2 aromatic rings. The first-order chi connectivity index (χ1) is 11.3. The average molecular weight is 336 g/mol. The van der Waals surface area contributed by atoms with Crippen molar-refractivity contribution in [3.05, 3.63) is 53.1 Å². The Hall–Kier alpha value is -1.40. The minimum Gasteiger partial charge on any atom is -0.383 e. The number of rotatable bonds is 6. The number of imidazole rings is 1. The summed E-state index contributed by atoms with van der Waals surface area (Å²) in [6.45, 7) is 4.93. The summed E-state index contributed by atoms with van der Waals surface area (Å²) in [6.07, 6.45) is 3.89. The highest BCUT2D eigenvalue weighted by molar-refractivity contribution is 6.30. The van der Waals surface area contributed by atoms with Crippen LogP contribution < -0.4 is 0 Å². The van der Waals surface area contributed by atoms with Crippen molar-refractivity contribution < 1.29 is 9.47 Å². The SMILES string of the molecule is COCCn1cncc1CN1CCO[C@@H](c2ccc(Cl)cc2)C1. The first-order valence-corrected chi connectivity index (χ1v) is 8.21. The van der Waals surface area contributed by atoms with Crippen molar-refractivity contribution >= 4 is 11.6 Å². The van der Waals surface area contributed by atoms with Crippen LogP contribution >= 0.6 is 11.6 Å². The van der Waals surface area contributed by atoms with Crippen LogP contribution in [0.15, 0.2) is 36.8 Å². The molecule has 0 unspecified atom stereocenters. The van der Waals surface area contributed by atoms with Crippen LogP contribution in [0, 0.1) is 0 Å². The molecular weight excluding hydrogens is 314 g/mol. The molecule has 0 N–H and O–H groups in total. The topological polar surface area (TPSA) is 39.5 Å². The maximum atomic E-state index is 5.96. The normalized spacial score (nSPS) is 19.1. The predicted molar refractivity (Wildman–Crippen MR) is 89.5 cm³/mol. The van der Waals surface area contributed by atoms with Gasteiger partial charge in [0.2, 0.25) is 0 Å². The molecule has 6 heteroatoms. The molecule has 1 aromatic heterocycles. The Kier molecular flexibility index (Phi) is 5.67. The van der Waals surface area contributed by atoms with Crippen LogP contribution in [-0.2, 0) is 22.6 Å². The fraction of sp³-hybridized carbons (Fsp3) is 0.471. The second kappa shape index (κ2) is 7.93. The molecule has 0 amide bonds. The lowest BCUT2D eigenvalue weighted by molar-refractivity contribution is -0.0336. The van der Waals surface area contributed by atoms with Crippen molar-refractivity contribution in [1.29, 1.82) is 0 Å². The summed E-state index contributed by atoms with van der Waals surface area (Å²) in [5, 5.41) is 0.753. The van der Waals surface area contributed by atoms with E-state index in [1.807, 2.05) is 36.8 Å². The summed E-state index contributed by atoms with van der Waals surface area (Å²) in [4.78, 5) is 6.67. The van der Waals surface area contributed by atoms with Gasteiger partial charge < -0.3 is 14.0 Å². The first-order valence-electron chi connectivity index (χ1n) is 7.83. The van der Waals surface area contributed by atoms with Crippen molar-refractivity contribution in [2.75, 3.05) is 33.4 Å². The summed E-state index contributed by atoms with van der Waals surface area (Å²) in [7, 11) is 1.72. The van der Waals surface area contributed by atoms with E-state index >= 15 is 0 Å². The van der Waals surface area contributed by atoms with Crippen molar-refractivity contribution in [2.24, 2.45) is 0 Å². The van der Waals surface area contributed by atoms with Gasteiger partial charge in [-0.3, -0.25) is 4.90 Å². The maximum absolute atomic E-state index is 5.96. The molecule has 0 bridgehead atoms. The highest BCUT2D eigenvalue weighted by Gasteiger charge is 2.22. The largest absolute Gasteiger partial charge is 0.383 e. The monoisotopic (exact) mass is 335 g/mol. The van der Waals surface area contributed by atoms with Gasteiger partial charge in [-0.1, -0.05) is 23.7 Å². The average Bonchev–Trinajstić information content (AvgIpc) is 3.01. The molecule has 1 aliphatic rings. The molecule has 0 aliphatic carbocycles. The summed E-state index contributed by atoms with van der Waals surface area (Å²) in [6, 6.07) is 7.91. The number of ether oxygens (including phenoxy) is 2. The molecule has 3 rings (SSSR count). The molecule has 1 fully saturated rings. The van der Waals surface area contributed by atoms with E-state index < -0.39 is 0 Å². The van der Waals surface area contributed by atoms with Crippen molar-refractivity contribution in [2.45, 2.75) is 19.2 Å². The molecule has 0 spiro atoms. The molecule has 0 saturated carbocycles. The van der Waals surface area contributed by atoms with Crippen molar-refractivity contribution in [1.82, 2.24) is 14.5 Å². The number of halogens is 1. The number of nitrogens with zero attached hydrogens (tertiary/aromatic N) is 3. The Balaban J connectivity index is 1.62. The van der Waals surface area contributed by atoms with Crippen LogP contribution in [0.3, 0.4) is 0 Å². The smallest absolute Gasteiger partial charge is 0.0952 e. The lowest BCUT2D eigenvalue weighted by Gasteiger charge is -2.33. The molecule has 23 heavy (non-hydrogen) atoms. The van der Waals surface area contributed by atoms with Gasteiger partial charge in [-0.25, -0.2) is 4.98 Å². The third kappa shape index (κ3) is 4.32. The Bertz CT molecular complexity index is 615. The third-order valence-corrected chi connectivity index (χ3v) is 4.36. The highest BCUT2D eigenvalue weighted by atomic mass is 35.5. The van der Waals surface area contributed by atoms with Crippen LogP contribution in [0.4, 0.5) is 0 Å². The van der Waals surface area contributed by atoms with E-state index in [1.54, 1.807) is 7.11 Å². The quantitative estimate of drug-likeness (QED) is 0.813. The number of methoxy groups -OCH3 is 1. The minimum absolute atomic E-state index is 0.0939. The number of aromatic nitrogens is 2. The van der Waals surface area contributed by atoms with E-state index in [4.69, 9.17) is 21.1 Å². The lowest BCUT2D eigenvalue weighted by Crippen LogP contribution is -2.38. The summed E-state index contributed by atoms with van der Waals surface area (Å²) in [5.41, 5.74) is 2.38. The number of hydrogen-bond acceptors (Lipinski definition) is 4. The Morgan fingerprint density at radius 1 is 1.35 bits per heavy atom. The van der Waals surface area contributed by atoms with Crippen LogP contribution in [-0.4, -0.2) is 47.9 Å². The minimum atomic E-state index is 0.0939. The van der Waals surface area contributed by atoms with E-state index in [0.29, 0.717) is 6.61 Å². The zero-order valence-electron chi connectivity index (χ0n) is 13.3. The highest BCUT2D eigenvalue weighted by Crippen LogP contribution is 2.24. The molecule has 1 atom stereocenters. The number of benzene rings is 1. The van der Waals surface area contributed by atoms with Gasteiger partial charge in [0.25, 0.3) is 0 Å². The molecule has 124 valence electrons. The fourth-order valence-electron chi connectivity index (χ4n) is 2.83. The van der Waals surface area contributed by atoms with Gasteiger partial charge in [-0.2, -0.15) is 0 Å². The Labute approximate surface area is 141 Å². The second-order valence-corrected chi connectivity index (χ2v) is 6.15. The van der Waals surface area contributed by atoms with Gasteiger partial charge in [0, 0.05) is 44.5 Å². The summed E-state index contributed by atoms with van der Waals surface area (Å²) >= 11 is 5.96. The van der Waals surface area contributed by atoms with Crippen LogP contribution in [0.25, 0.3) is 0 Å². The standard InChI is InChI=1S/C17H22ClN3O2/c1-22-8-7-21-13-19-10-16(21)11-20-6-9-23-17(12-20)14-2-4-15(18)5-3-14/h2-5,10,13,17H,6-9,11-12H2,1H3/t17-/m1/s1. The van der Waals surface area contributed by atoms with E-state index in [0.717, 1.165) is 37.8 Å². The number of hydrogen-bond donors (Lipinski definition) is 0. The molecular formula is C17H22ClN3O2. The van der Waals surface area contributed by atoms with E-state index in [9.17, 15) is 0 Å². The zero-order valence-corrected chi connectivity index (χ0v) is 14.1. The number of morpholine rings is 1. The van der Waals surface area contributed by atoms with Gasteiger partial charge in [-0.15, -0.1) is 0 Å².